The van der Waals surface area contributed by atoms with E-state index in [0.717, 1.165) is 4.47 Å². The summed E-state index contributed by atoms with van der Waals surface area (Å²) >= 11 is 3.21. The zero-order valence-electron chi connectivity index (χ0n) is 9.07. The van der Waals surface area contributed by atoms with Crippen molar-refractivity contribution in [2.24, 2.45) is 5.92 Å². The third-order valence-electron chi connectivity index (χ3n) is 1.54. The Morgan fingerprint density at radius 1 is 1.44 bits per heavy atom. The molecule has 0 aromatic carbocycles. The summed E-state index contributed by atoms with van der Waals surface area (Å²) < 4.78 is 0.762. The van der Waals surface area contributed by atoms with Crippen molar-refractivity contribution < 1.29 is 4.79 Å². The second kappa shape index (κ2) is 6.22. The van der Waals surface area contributed by atoms with Crippen LogP contribution in [-0.4, -0.2) is 16.0 Å². The van der Waals surface area contributed by atoms with Crippen molar-refractivity contribution in [3.8, 4) is 0 Å². The Bertz CT molecular complexity index is 375. The number of nitrogens with zero attached hydrogens (tertiary/aromatic N) is 2. The molecule has 5 nitrogen and oxygen atoms in total. The number of carbonyl (C=O) groups is 1. The second-order valence-electron chi connectivity index (χ2n) is 3.43. The van der Waals surface area contributed by atoms with Crippen LogP contribution in [0.25, 0.3) is 0 Å². The maximum Gasteiger partial charge on any atom is 0.325 e. The lowest BCUT2D eigenvalue weighted by atomic mass is 10.2. The van der Waals surface area contributed by atoms with Gasteiger partial charge in [0.25, 0.3) is 0 Å². The summed E-state index contributed by atoms with van der Waals surface area (Å²) in [5.41, 5.74) is 0. The third-order valence-corrected chi connectivity index (χ3v) is 1.95. The SMILES string of the molecule is CC(C)/C=C/NC(=O)Nc1ncc(Br)cn1. The Morgan fingerprint density at radius 2 is 2.06 bits per heavy atom. The van der Waals surface area contributed by atoms with Gasteiger partial charge in [0.05, 0.1) is 4.47 Å². The molecule has 0 aliphatic rings. The van der Waals surface area contributed by atoms with Crippen LogP contribution < -0.4 is 10.6 Å². The molecule has 86 valence electrons. The number of aromatic nitrogens is 2. The van der Waals surface area contributed by atoms with E-state index in [1.807, 2.05) is 19.9 Å². The molecule has 0 radical (unpaired) electrons. The normalized spacial score (nSPS) is 10.8. The van der Waals surface area contributed by atoms with E-state index in [2.05, 4.69) is 36.5 Å². The fourth-order valence-corrected chi connectivity index (χ4v) is 1.04. The van der Waals surface area contributed by atoms with E-state index in [0.29, 0.717) is 5.92 Å². The van der Waals surface area contributed by atoms with Gasteiger partial charge in [0.15, 0.2) is 0 Å². The molecule has 0 atom stereocenters. The molecule has 2 amide bonds. The number of halogens is 1. The lowest BCUT2D eigenvalue weighted by Crippen LogP contribution is -2.25. The molecule has 0 spiro atoms. The van der Waals surface area contributed by atoms with Gasteiger partial charge in [-0.05, 0) is 21.8 Å². The molecule has 1 rings (SSSR count). The number of carbonyl (C=O) groups excluding carboxylic acids is 1. The van der Waals surface area contributed by atoms with Gasteiger partial charge in [-0.1, -0.05) is 19.9 Å². The average Bonchev–Trinajstić information content (AvgIpc) is 2.21. The number of hydrogen-bond acceptors (Lipinski definition) is 3. The van der Waals surface area contributed by atoms with Gasteiger partial charge in [0.2, 0.25) is 5.95 Å². The van der Waals surface area contributed by atoms with Gasteiger partial charge < -0.3 is 5.32 Å². The van der Waals surface area contributed by atoms with Gasteiger partial charge in [-0.25, -0.2) is 14.8 Å². The minimum atomic E-state index is -0.362. The number of nitrogens with one attached hydrogen (secondary N) is 2. The van der Waals surface area contributed by atoms with Crippen molar-refractivity contribution in [3.05, 3.63) is 29.1 Å². The minimum Gasteiger partial charge on any atom is -0.315 e. The van der Waals surface area contributed by atoms with Crippen molar-refractivity contribution in [2.45, 2.75) is 13.8 Å². The summed E-state index contributed by atoms with van der Waals surface area (Å²) in [5, 5.41) is 5.05. The number of allylic oxidation sites excluding steroid dienone is 1. The minimum absolute atomic E-state index is 0.263. The number of urea groups is 1. The predicted molar refractivity (Wildman–Crippen MR) is 65.9 cm³/mol. The molecule has 1 aromatic heterocycles. The van der Waals surface area contributed by atoms with Crippen molar-refractivity contribution in [1.29, 1.82) is 0 Å². The first-order chi connectivity index (χ1) is 7.58. The van der Waals surface area contributed by atoms with Crippen LogP contribution in [0.1, 0.15) is 13.8 Å². The Morgan fingerprint density at radius 3 is 2.62 bits per heavy atom. The van der Waals surface area contributed by atoms with Gasteiger partial charge >= 0.3 is 6.03 Å². The lowest BCUT2D eigenvalue weighted by molar-refractivity contribution is 0.255. The molecule has 0 aliphatic carbocycles. The molecule has 2 N–H and O–H groups in total. The first kappa shape index (κ1) is 12.6. The smallest absolute Gasteiger partial charge is 0.315 e. The standard InChI is InChI=1S/C10H13BrN4O/c1-7(2)3-4-12-10(16)15-9-13-5-8(11)6-14-9/h3-7H,1-2H3,(H2,12,13,14,15,16)/b4-3+. The zero-order chi connectivity index (χ0) is 12.0. The molecule has 1 heterocycles. The third kappa shape index (κ3) is 4.88. The largest absolute Gasteiger partial charge is 0.325 e. The molecule has 6 heteroatoms. The van der Waals surface area contributed by atoms with Crippen molar-refractivity contribution >= 4 is 27.9 Å². The molecular weight excluding hydrogens is 272 g/mol. The van der Waals surface area contributed by atoms with Gasteiger partial charge in [-0.3, -0.25) is 5.32 Å². The van der Waals surface area contributed by atoms with Crippen LogP contribution in [0.4, 0.5) is 10.7 Å². The predicted octanol–water partition coefficient (Wildman–Crippen LogP) is 2.53. The van der Waals surface area contributed by atoms with Crippen LogP contribution in [0.3, 0.4) is 0 Å². The van der Waals surface area contributed by atoms with Gasteiger partial charge in [-0.2, -0.15) is 0 Å². The van der Waals surface area contributed by atoms with Crippen LogP contribution >= 0.6 is 15.9 Å². The van der Waals surface area contributed by atoms with E-state index in [1.54, 1.807) is 18.6 Å². The molecule has 0 aliphatic heterocycles. The molecule has 0 saturated carbocycles. The van der Waals surface area contributed by atoms with E-state index in [9.17, 15) is 4.79 Å². The summed E-state index contributed by atoms with van der Waals surface area (Å²) in [7, 11) is 0. The highest BCUT2D eigenvalue weighted by molar-refractivity contribution is 9.10. The Balaban J connectivity index is 2.43. The summed E-state index contributed by atoms with van der Waals surface area (Å²) in [6.45, 7) is 4.04. The quantitative estimate of drug-likeness (QED) is 0.896. The summed E-state index contributed by atoms with van der Waals surface area (Å²) in [4.78, 5) is 19.1. The monoisotopic (exact) mass is 284 g/mol. The van der Waals surface area contributed by atoms with Crippen molar-refractivity contribution in [1.82, 2.24) is 15.3 Å². The molecule has 16 heavy (non-hydrogen) atoms. The van der Waals surface area contributed by atoms with Gasteiger partial charge in [-0.15, -0.1) is 0 Å². The van der Waals surface area contributed by atoms with Gasteiger partial charge in [0, 0.05) is 18.6 Å². The average molecular weight is 285 g/mol. The van der Waals surface area contributed by atoms with Crippen molar-refractivity contribution in [2.75, 3.05) is 5.32 Å². The first-order valence-electron chi connectivity index (χ1n) is 4.79. The Labute approximate surface area is 102 Å². The van der Waals surface area contributed by atoms with E-state index in [4.69, 9.17) is 0 Å². The van der Waals surface area contributed by atoms with E-state index in [-0.39, 0.29) is 12.0 Å². The number of hydrogen-bond donors (Lipinski definition) is 2. The Hall–Kier alpha value is -1.43. The molecule has 1 aromatic rings. The van der Waals surface area contributed by atoms with Crippen LogP contribution in [0.2, 0.25) is 0 Å². The maximum absolute atomic E-state index is 11.3. The Kier molecular flexibility index (Phi) is 4.91. The lowest BCUT2D eigenvalue weighted by Gasteiger charge is -2.02. The zero-order valence-corrected chi connectivity index (χ0v) is 10.7. The second-order valence-corrected chi connectivity index (χ2v) is 4.34. The summed E-state index contributed by atoms with van der Waals surface area (Å²) in [6, 6.07) is -0.362. The van der Waals surface area contributed by atoms with Crippen molar-refractivity contribution in [3.63, 3.8) is 0 Å². The van der Waals surface area contributed by atoms with Crippen LogP contribution in [-0.2, 0) is 0 Å². The number of amides is 2. The van der Waals surface area contributed by atoms with E-state index in [1.165, 1.54) is 0 Å². The van der Waals surface area contributed by atoms with Crippen LogP contribution in [0.5, 0.6) is 0 Å². The number of anilines is 1. The maximum atomic E-state index is 11.3. The molecule has 0 fully saturated rings. The number of rotatable bonds is 3. The van der Waals surface area contributed by atoms with E-state index >= 15 is 0 Å². The van der Waals surface area contributed by atoms with Gasteiger partial charge in [0.1, 0.15) is 0 Å². The molecule has 0 saturated heterocycles. The molecule has 0 bridgehead atoms. The highest BCUT2D eigenvalue weighted by atomic mass is 79.9. The highest BCUT2D eigenvalue weighted by Crippen LogP contribution is 2.06. The first-order valence-corrected chi connectivity index (χ1v) is 5.59. The summed E-state index contributed by atoms with van der Waals surface area (Å²) in [5.74, 6) is 0.655. The topological polar surface area (TPSA) is 66.9 Å². The van der Waals surface area contributed by atoms with Crippen LogP contribution in [0, 0.1) is 5.92 Å². The fraction of sp³-hybridized carbons (Fsp3) is 0.300. The fourth-order valence-electron chi connectivity index (χ4n) is 0.831. The molecule has 0 unspecified atom stereocenters. The van der Waals surface area contributed by atoms with E-state index < -0.39 is 0 Å². The van der Waals surface area contributed by atoms with Crippen LogP contribution in [0.15, 0.2) is 29.1 Å². The summed E-state index contributed by atoms with van der Waals surface area (Å²) in [6.07, 6.45) is 6.60. The molecular formula is C10H13BrN4O. The highest BCUT2D eigenvalue weighted by Gasteiger charge is 2.00.